The molecule has 10 nitrogen and oxygen atoms in total. The topological polar surface area (TPSA) is 131 Å². The molecule has 0 bridgehead atoms. The maximum absolute atomic E-state index is 12.3. The summed E-state index contributed by atoms with van der Waals surface area (Å²) in [6.45, 7) is 0.0989. The SMILES string of the molecule is COc1ccc(NC(=O)CSc2nc3c(cnn3CCO)c(=O)[nH]2)c(OC)c1. The van der Waals surface area contributed by atoms with E-state index in [9.17, 15) is 9.59 Å². The Kier molecular flexibility index (Phi) is 6.16. The zero-order valence-electron chi connectivity index (χ0n) is 15.3. The van der Waals surface area contributed by atoms with Crippen LogP contribution in [0, 0.1) is 0 Å². The number of benzene rings is 1. The molecule has 0 fully saturated rings. The molecule has 2 aromatic heterocycles. The molecular formula is C17H19N5O5S. The van der Waals surface area contributed by atoms with E-state index in [4.69, 9.17) is 14.6 Å². The molecular weight excluding hydrogens is 386 g/mol. The second kappa shape index (κ2) is 8.76. The molecule has 0 atom stereocenters. The molecule has 3 aromatic rings. The number of methoxy groups -OCH3 is 2. The van der Waals surface area contributed by atoms with Gasteiger partial charge in [-0.1, -0.05) is 11.8 Å². The third kappa shape index (κ3) is 4.26. The minimum Gasteiger partial charge on any atom is -0.497 e. The van der Waals surface area contributed by atoms with Gasteiger partial charge in [0.2, 0.25) is 5.91 Å². The molecule has 0 spiro atoms. The van der Waals surface area contributed by atoms with Gasteiger partial charge in [-0.3, -0.25) is 9.59 Å². The van der Waals surface area contributed by atoms with E-state index in [0.29, 0.717) is 28.2 Å². The average Bonchev–Trinajstić information content (AvgIpc) is 3.10. The van der Waals surface area contributed by atoms with Crippen LogP contribution in [-0.2, 0) is 11.3 Å². The number of hydrogen-bond donors (Lipinski definition) is 3. The number of aliphatic hydroxyl groups excluding tert-OH is 1. The van der Waals surface area contributed by atoms with Crippen molar-refractivity contribution in [3.8, 4) is 11.5 Å². The Labute approximate surface area is 163 Å². The summed E-state index contributed by atoms with van der Waals surface area (Å²) in [6.07, 6.45) is 1.40. The van der Waals surface area contributed by atoms with Crippen molar-refractivity contribution < 1.29 is 19.4 Å². The highest BCUT2D eigenvalue weighted by atomic mass is 32.2. The lowest BCUT2D eigenvalue weighted by molar-refractivity contribution is -0.113. The van der Waals surface area contributed by atoms with Crippen molar-refractivity contribution in [2.75, 3.05) is 31.9 Å². The molecule has 11 heteroatoms. The lowest BCUT2D eigenvalue weighted by Crippen LogP contribution is -2.16. The molecule has 0 saturated carbocycles. The lowest BCUT2D eigenvalue weighted by atomic mass is 10.2. The molecule has 0 radical (unpaired) electrons. The van der Waals surface area contributed by atoms with Gasteiger partial charge < -0.3 is 24.9 Å². The van der Waals surface area contributed by atoms with E-state index in [2.05, 4.69) is 20.4 Å². The van der Waals surface area contributed by atoms with Gasteiger partial charge in [0.1, 0.15) is 16.9 Å². The molecule has 1 amide bonds. The van der Waals surface area contributed by atoms with E-state index in [1.807, 2.05) is 0 Å². The molecule has 1 aromatic carbocycles. The minimum atomic E-state index is -0.353. The largest absolute Gasteiger partial charge is 0.497 e. The normalized spacial score (nSPS) is 10.8. The second-order valence-electron chi connectivity index (χ2n) is 5.60. The number of aromatic nitrogens is 4. The van der Waals surface area contributed by atoms with Crippen LogP contribution in [0.1, 0.15) is 0 Å². The van der Waals surface area contributed by atoms with Crippen LogP contribution in [0.5, 0.6) is 11.5 Å². The molecule has 0 aliphatic heterocycles. The smallest absolute Gasteiger partial charge is 0.262 e. The highest BCUT2D eigenvalue weighted by Gasteiger charge is 2.13. The Morgan fingerprint density at radius 1 is 1.36 bits per heavy atom. The van der Waals surface area contributed by atoms with Gasteiger partial charge in [0, 0.05) is 6.07 Å². The lowest BCUT2D eigenvalue weighted by Gasteiger charge is -2.11. The number of thioether (sulfide) groups is 1. The van der Waals surface area contributed by atoms with E-state index in [0.717, 1.165) is 11.8 Å². The van der Waals surface area contributed by atoms with Crippen molar-refractivity contribution in [2.45, 2.75) is 11.7 Å². The zero-order chi connectivity index (χ0) is 20.1. The maximum Gasteiger partial charge on any atom is 0.262 e. The summed E-state index contributed by atoms with van der Waals surface area (Å²) in [5.41, 5.74) is 0.512. The minimum absolute atomic E-state index is 0.0256. The predicted molar refractivity (Wildman–Crippen MR) is 104 cm³/mol. The number of amides is 1. The number of hydrogen-bond acceptors (Lipinski definition) is 8. The zero-order valence-corrected chi connectivity index (χ0v) is 16.1. The van der Waals surface area contributed by atoms with Crippen LogP contribution in [0.3, 0.4) is 0 Å². The molecule has 3 rings (SSSR count). The number of ether oxygens (including phenoxy) is 2. The highest BCUT2D eigenvalue weighted by molar-refractivity contribution is 7.99. The van der Waals surface area contributed by atoms with Gasteiger partial charge in [0.15, 0.2) is 10.8 Å². The summed E-state index contributed by atoms with van der Waals surface area (Å²) >= 11 is 1.08. The molecule has 28 heavy (non-hydrogen) atoms. The number of nitrogens with zero attached hydrogens (tertiary/aromatic N) is 3. The summed E-state index contributed by atoms with van der Waals surface area (Å²) in [7, 11) is 3.04. The standard InChI is InChI=1S/C17H19N5O5S/c1-26-10-3-4-12(13(7-10)27-2)19-14(24)9-28-17-20-15-11(16(25)21-17)8-18-22(15)5-6-23/h3-4,7-8,23H,5-6,9H2,1-2H3,(H,19,24)(H,20,21,25). The van der Waals surface area contributed by atoms with Crippen LogP contribution in [0.2, 0.25) is 0 Å². The van der Waals surface area contributed by atoms with Gasteiger partial charge in [-0.2, -0.15) is 5.10 Å². The number of carbonyl (C=O) groups is 1. The van der Waals surface area contributed by atoms with E-state index >= 15 is 0 Å². The first-order chi connectivity index (χ1) is 13.5. The van der Waals surface area contributed by atoms with Gasteiger partial charge in [-0.05, 0) is 12.1 Å². The number of H-pyrrole nitrogens is 1. The summed E-state index contributed by atoms with van der Waals surface area (Å²) in [5, 5.41) is 16.5. The first-order valence-electron chi connectivity index (χ1n) is 8.27. The average molecular weight is 405 g/mol. The fourth-order valence-corrected chi connectivity index (χ4v) is 3.15. The van der Waals surface area contributed by atoms with Crippen LogP contribution in [0.25, 0.3) is 11.0 Å². The van der Waals surface area contributed by atoms with E-state index in [1.165, 1.54) is 18.0 Å². The van der Waals surface area contributed by atoms with Crippen molar-refractivity contribution in [3.05, 3.63) is 34.7 Å². The molecule has 3 N–H and O–H groups in total. The van der Waals surface area contributed by atoms with Crippen LogP contribution >= 0.6 is 11.8 Å². The third-order valence-electron chi connectivity index (χ3n) is 3.82. The fraction of sp³-hybridized carbons (Fsp3) is 0.294. The molecule has 0 unspecified atom stereocenters. The third-order valence-corrected chi connectivity index (χ3v) is 4.69. The number of aliphatic hydroxyl groups is 1. The van der Waals surface area contributed by atoms with Crippen molar-refractivity contribution in [3.63, 3.8) is 0 Å². The number of rotatable bonds is 8. The van der Waals surface area contributed by atoms with Crippen molar-refractivity contribution in [1.29, 1.82) is 0 Å². The quantitative estimate of drug-likeness (QED) is 0.371. The first-order valence-corrected chi connectivity index (χ1v) is 9.25. The van der Waals surface area contributed by atoms with Crippen LogP contribution in [0.4, 0.5) is 5.69 Å². The van der Waals surface area contributed by atoms with Gasteiger partial charge in [-0.15, -0.1) is 0 Å². The number of nitrogens with one attached hydrogen (secondary N) is 2. The van der Waals surface area contributed by atoms with E-state index in [-0.39, 0.29) is 35.5 Å². The summed E-state index contributed by atoms with van der Waals surface area (Å²) in [4.78, 5) is 31.4. The summed E-state index contributed by atoms with van der Waals surface area (Å²) in [5.74, 6) is 0.815. The Morgan fingerprint density at radius 2 is 2.18 bits per heavy atom. The number of aromatic amines is 1. The van der Waals surface area contributed by atoms with Crippen molar-refractivity contribution in [1.82, 2.24) is 19.7 Å². The van der Waals surface area contributed by atoms with Crippen molar-refractivity contribution >= 4 is 34.4 Å². The van der Waals surface area contributed by atoms with Gasteiger partial charge in [-0.25, -0.2) is 9.67 Å². The highest BCUT2D eigenvalue weighted by Crippen LogP contribution is 2.29. The molecule has 148 valence electrons. The number of anilines is 1. The van der Waals surface area contributed by atoms with E-state index in [1.54, 1.807) is 25.3 Å². The molecule has 0 aliphatic rings. The number of fused-ring (bicyclic) bond motifs is 1. The fourth-order valence-electron chi connectivity index (χ4n) is 2.49. The Bertz CT molecular complexity index is 1050. The maximum atomic E-state index is 12.3. The summed E-state index contributed by atoms with van der Waals surface area (Å²) < 4.78 is 11.8. The van der Waals surface area contributed by atoms with Crippen molar-refractivity contribution in [2.24, 2.45) is 0 Å². The Morgan fingerprint density at radius 3 is 2.89 bits per heavy atom. The number of carbonyl (C=O) groups excluding carboxylic acids is 1. The molecule has 0 aliphatic carbocycles. The Balaban J connectivity index is 1.71. The molecule has 0 saturated heterocycles. The van der Waals surface area contributed by atoms with Crippen LogP contribution in [0.15, 0.2) is 34.3 Å². The second-order valence-corrected chi connectivity index (χ2v) is 6.57. The molecule has 2 heterocycles. The van der Waals surface area contributed by atoms with Crippen LogP contribution in [-0.4, -0.2) is 57.3 Å². The first kappa shape index (κ1) is 19.7. The van der Waals surface area contributed by atoms with Gasteiger partial charge in [0.25, 0.3) is 5.56 Å². The van der Waals surface area contributed by atoms with Gasteiger partial charge in [0.05, 0.1) is 45.0 Å². The van der Waals surface area contributed by atoms with E-state index < -0.39 is 0 Å². The summed E-state index contributed by atoms with van der Waals surface area (Å²) in [6, 6.07) is 5.05. The Hall–Kier alpha value is -3.05. The van der Waals surface area contributed by atoms with Gasteiger partial charge >= 0.3 is 0 Å². The van der Waals surface area contributed by atoms with Crippen LogP contribution < -0.4 is 20.3 Å². The predicted octanol–water partition coefficient (Wildman–Crippen LogP) is 0.860. The monoisotopic (exact) mass is 405 g/mol.